The van der Waals surface area contributed by atoms with E-state index >= 15 is 0 Å². The summed E-state index contributed by atoms with van der Waals surface area (Å²) in [5.41, 5.74) is 0. The lowest BCUT2D eigenvalue weighted by atomic mass is 9.84. The molecule has 1 fully saturated rings. The van der Waals surface area contributed by atoms with Crippen LogP contribution in [0, 0.1) is 17.8 Å². The summed E-state index contributed by atoms with van der Waals surface area (Å²) in [6.07, 6.45) is 3.09. The Hall–Kier alpha value is -0.0800. The number of hydrogen-bond donors (Lipinski definition) is 1. The van der Waals surface area contributed by atoms with Gasteiger partial charge in [-0.2, -0.15) is 0 Å². The molecule has 1 N–H and O–H groups in total. The number of aliphatic hydroxyl groups is 1. The third kappa shape index (κ3) is 3.58. The van der Waals surface area contributed by atoms with Gasteiger partial charge in [0.15, 0.2) is 0 Å². The van der Waals surface area contributed by atoms with E-state index < -0.39 is 0 Å². The van der Waals surface area contributed by atoms with Crippen LogP contribution in [-0.2, 0) is 4.74 Å². The van der Waals surface area contributed by atoms with Crippen LogP contribution in [0.3, 0.4) is 0 Å². The molecule has 0 saturated carbocycles. The second kappa shape index (κ2) is 5.72. The van der Waals surface area contributed by atoms with Crippen molar-refractivity contribution in [3.63, 3.8) is 0 Å². The van der Waals surface area contributed by atoms with E-state index in [4.69, 9.17) is 4.74 Å². The minimum Gasteiger partial charge on any atom is -0.393 e. The van der Waals surface area contributed by atoms with Gasteiger partial charge in [-0.1, -0.05) is 20.8 Å². The monoisotopic (exact) mass is 200 g/mol. The van der Waals surface area contributed by atoms with Crippen LogP contribution in [0.4, 0.5) is 0 Å². The zero-order valence-electron chi connectivity index (χ0n) is 9.70. The maximum atomic E-state index is 10.00. The molecule has 1 heterocycles. The Bertz CT molecular complexity index is 150. The van der Waals surface area contributed by atoms with E-state index in [9.17, 15) is 5.11 Å². The van der Waals surface area contributed by atoms with E-state index in [1.165, 1.54) is 0 Å². The fourth-order valence-electron chi connectivity index (χ4n) is 1.98. The molecule has 0 radical (unpaired) electrons. The van der Waals surface area contributed by atoms with Crippen LogP contribution in [0.5, 0.6) is 0 Å². The Morgan fingerprint density at radius 2 is 1.79 bits per heavy atom. The molecule has 0 aromatic rings. The van der Waals surface area contributed by atoms with Crippen molar-refractivity contribution in [2.24, 2.45) is 17.8 Å². The van der Waals surface area contributed by atoms with Crippen LogP contribution in [-0.4, -0.2) is 24.4 Å². The molecule has 0 aromatic carbocycles. The summed E-state index contributed by atoms with van der Waals surface area (Å²) >= 11 is 0. The molecule has 0 aromatic heterocycles. The number of rotatable bonds is 4. The van der Waals surface area contributed by atoms with Gasteiger partial charge in [0.2, 0.25) is 0 Å². The summed E-state index contributed by atoms with van der Waals surface area (Å²) in [5.74, 6) is 1.67. The first-order chi connectivity index (χ1) is 6.61. The largest absolute Gasteiger partial charge is 0.393 e. The number of aliphatic hydroxyl groups excluding tert-OH is 1. The second-order valence-corrected chi connectivity index (χ2v) is 4.96. The van der Waals surface area contributed by atoms with Crippen molar-refractivity contribution in [2.75, 3.05) is 13.2 Å². The van der Waals surface area contributed by atoms with Crippen molar-refractivity contribution in [3.05, 3.63) is 0 Å². The molecule has 2 atom stereocenters. The molecular formula is C12H24O2. The Labute approximate surface area is 87.7 Å². The highest BCUT2D eigenvalue weighted by molar-refractivity contribution is 4.73. The maximum absolute atomic E-state index is 10.00. The average Bonchev–Trinajstić information content (AvgIpc) is 2.18. The Balaban J connectivity index is 2.27. The molecule has 2 nitrogen and oxygen atoms in total. The first-order valence-corrected chi connectivity index (χ1v) is 5.87. The zero-order valence-corrected chi connectivity index (χ0v) is 9.70. The van der Waals surface area contributed by atoms with Crippen molar-refractivity contribution in [2.45, 2.75) is 46.1 Å². The lowest BCUT2D eigenvalue weighted by Gasteiger charge is -2.28. The summed E-state index contributed by atoms with van der Waals surface area (Å²) in [6, 6.07) is 0. The summed E-state index contributed by atoms with van der Waals surface area (Å²) in [5, 5.41) is 10.00. The van der Waals surface area contributed by atoms with Gasteiger partial charge in [0.05, 0.1) is 6.10 Å². The molecule has 1 saturated heterocycles. The molecule has 0 amide bonds. The highest BCUT2D eigenvalue weighted by Crippen LogP contribution is 2.25. The van der Waals surface area contributed by atoms with Gasteiger partial charge in [-0.25, -0.2) is 0 Å². The normalized spacial score (nSPS) is 23.8. The van der Waals surface area contributed by atoms with Gasteiger partial charge in [0.1, 0.15) is 0 Å². The predicted octanol–water partition coefficient (Wildman–Crippen LogP) is 2.46. The molecule has 0 aliphatic carbocycles. The Morgan fingerprint density at radius 3 is 2.29 bits per heavy atom. The summed E-state index contributed by atoms with van der Waals surface area (Å²) in [7, 11) is 0. The quantitative estimate of drug-likeness (QED) is 0.755. The fourth-order valence-corrected chi connectivity index (χ4v) is 1.98. The van der Waals surface area contributed by atoms with Crippen LogP contribution >= 0.6 is 0 Å². The van der Waals surface area contributed by atoms with Gasteiger partial charge < -0.3 is 9.84 Å². The first-order valence-electron chi connectivity index (χ1n) is 5.87. The molecule has 1 rings (SSSR count). The Kier molecular flexibility index (Phi) is 4.90. The standard InChI is InChI=1S/C12H24O2/c1-9(2)10(3)12(13)8-11-4-6-14-7-5-11/h9-13H,4-8H2,1-3H3. The molecular weight excluding hydrogens is 176 g/mol. The van der Waals surface area contributed by atoms with E-state index in [0.29, 0.717) is 17.8 Å². The van der Waals surface area contributed by atoms with Gasteiger partial charge in [0, 0.05) is 13.2 Å². The van der Waals surface area contributed by atoms with E-state index in [1.54, 1.807) is 0 Å². The Morgan fingerprint density at radius 1 is 1.21 bits per heavy atom. The van der Waals surface area contributed by atoms with E-state index in [2.05, 4.69) is 20.8 Å². The van der Waals surface area contributed by atoms with Crippen LogP contribution in [0.25, 0.3) is 0 Å². The molecule has 2 unspecified atom stereocenters. The number of hydrogen-bond acceptors (Lipinski definition) is 2. The molecule has 1 aliphatic heterocycles. The van der Waals surface area contributed by atoms with Crippen molar-refractivity contribution in [1.29, 1.82) is 0 Å². The fraction of sp³-hybridized carbons (Fsp3) is 1.00. The molecule has 2 heteroatoms. The molecule has 0 bridgehead atoms. The van der Waals surface area contributed by atoms with Crippen molar-refractivity contribution < 1.29 is 9.84 Å². The van der Waals surface area contributed by atoms with Crippen molar-refractivity contribution in [3.8, 4) is 0 Å². The average molecular weight is 200 g/mol. The highest BCUT2D eigenvalue weighted by Gasteiger charge is 2.23. The lowest BCUT2D eigenvalue weighted by Crippen LogP contribution is -2.27. The topological polar surface area (TPSA) is 29.5 Å². The lowest BCUT2D eigenvalue weighted by molar-refractivity contribution is 0.0225. The summed E-state index contributed by atoms with van der Waals surface area (Å²) < 4.78 is 5.31. The molecule has 84 valence electrons. The number of ether oxygens (including phenoxy) is 1. The summed E-state index contributed by atoms with van der Waals surface area (Å²) in [4.78, 5) is 0. The van der Waals surface area contributed by atoms with Crippen LogP contribution in [0.15, 0.2) is 0 Å². The highest BCUT2D eigenvalue weighted by atomic mass is 16.5. The van der Waals surface area contributed by atoms with E-state index in [1.807, 2.05) is 0 Å². The minimum absolute atomic E-state index is 0.127. The van der Waals surface area contributed by atoms with Crippen LogP contribution in [0.1, 0.15) is 40.0 Å². The first kappa shape index (κ1) is 12.0. The maximum Gasteiger partial charge on any atom is 0.0570 e. The minimum atomic E-state index is -0.127. The predicted molar refractivity (Wildman–Crippen MR) is 58.2 cm³/mol. The SMILES string of the molecule is CC(C)C(C)C(O)CC1CCOCC1. The zero-order chi connectivity index (χ0) is 10.6. The van der Waals surface area contributed by atoms with Gasteiger partial charge >= 0.3 is 0 Å². The van der Waals surface area contributed by atoms with E-state index in [0.717, 1.165) is 32.5 Å². The third-order valence-electron chi connectivity index (χ3n) is 3.57. The molecule has 14 heavy (non-hydrogen) atoms. The van der Waals surface area contributed by atoms with Crippen LogP contribution in [0.2, 0.25) is 0 Å². The smallest absolute Gasteiger partial charge is 0.0570 e. The van der Waals surface area contributed by atoms with Gasteiger partial charge in [-0.3, -0.25) is 0 Å². The molecule has 0 spiro atoms. The van der Waals surface area contributed by atoms with E-state index in [-0.39, 0.29) is 6.10 Å². The van der Waals surface area contributed by atoms with Crippen molar-refractivity contribution in [1.82, 2.24) is 0 Å². The van der Waals surface area contributed by atoms with Gasteiger partial charge in [-0.05, 0) is 37.0 Å². The second-order valence-electron chi connectivity index (χ2n) is 4.96. The third-order valence-corrected chi connectivity index (χ3v) is 3.57. The van der Waals surface area contributed by atoms with Crippen molar-refractivity contribution >= 4 is 0 Å². The van der Waals surface area contributed by atoms with Gasteiger partial charge in [0.25, 0.3) is 0 Å². The van der Waals surface area contributed by atoms with Crippen LogP contribution < -0.4 is 0 Å². The summed E-state index contributed by atoms with van der Waals surface area (Å²) in [6.45, 7) is 8.27. The molecule has 1 aliphatic rings. The van der Waals surface area contributed by atoms with Gasteiger partial charge in [-0.15, -0.1) is 0 Å².